The van der Waals surface area contributed by atoms with Gasteiger partial charge in [0.2, 0.25) is 0 Å². The minimum absolute atomic E-state index is 0.541. The Balaban J connectivity index is 2.44. The first-order chi connectivity index (χ1) is 5.36. The Morgan fingerprint density at radius 1 is 1.73 bits per heavy atom. The van der Waals surface area contributed by atoms with Crippen LogP contribution < -0.4 is 4.74 Å². The first-order valence-electron chi connectivity index (χ1n) is 3.47. The zero-order chi connectivity index (χ0) is 8.10. The lowest BCUT2D eigenvalue weighted by atomic mass is 10.3. The van der Waals surface area contributed by atoms with Gasteiger partial charge in [-0.15, -0.1) is 0 Å². The standard InChI is InChI=1S/C7H11NO2S/c1-9-7-5-6(10-8-7)3-2-4-11/h5,11H,2-4H2,1H3. The third-order valence-corrected chi connectivity index (χ3v) is 1.64. The smallest absolute Gasteiger partial charge is 0.254 e. The van der Waals surface area contributed by atoms with Crippen molar-refractivity contribution >= 4 is 12.6 Å². The van der Waals surface area contributed by atoms with E-state index in [0.717, 1.165) is 24.4 Å². The largest absolute Gasteiger partial charge is 0.479 e. The van der Waals surface area contributed by atoms with Gasteiger partial charge in [0.1, 0.15) is 5.76 Å². The molecule has 0 aliphatic carbocycles. The van der Waals surface area contributed by atoms with Gasteiger partial charge >= 0.3 is 0 Å². The summed E-state index contributed by atoms with van der Waals surface area (Å²) in [6.07, 6.45) is 1.88. The molecule has 0 unspecified atom stereocenters. The van der Waals surface area contributed by atoms with Crippen molar-refractivity contribution in [2.45, 2.75) is 12.8 Å². The number of hydrogen-bond acceptors (Lipinski definition) is 4. The molecule has 0 fully saturated rings. The molecule has 0 saturated carbocycles. The molecule has 11 heavy (non-hydrogen) atoms. The van der Waals surface area contributed by atoms with Crippen molar-refractivity contribution < 1.29 is 9.26 Å². The average molecular weight is 173 g/mol. The molecule has 0 radical (unpaired) electrons. The van der Waals surface area contributed by atoms with E-state index in [-0.39, 0.29) is 0 Å². The quantitative estimate of drug-likeness (QED) is 0.701. The molecular weight excluding hydrogens is 162 g/mol. The van der Waals surface area contributed by atoms with Gasteiger partial charge in [0.05, 0.1) is 7.11 Å². The molecule has 3 nitrogen and oxygen atoms in total. The zero-order valence-electron chi connectivity index (χ0n) is 6.41. The molecule has 62 valence electrons. The van der Waals surface area contributed by atoms with Gasteiger partial charge in [0, 0.05) is 12.5 Å². The second kappa shape index (κ2) is 4.28. The molecule has 0 spiro atoms. The van der Waals surface area contributed by atoms with Crippen LogP contribution >= 0.6 is 12.6 Å². The number of ether oxygens (including phenoxy) is 1. The van der Waals surface area contributed by atoms with Crippen LogP contribution in [0, 0.1) is 0 Å². The highest BCUT2D eigenvalue weighted by Crippen LogP contribution is 2.11. The first-order valence-corrected chi connectivity index (χ1v) is 4.10. The van der Waals surface area contributed by atoms with E-state index in [2.05, 4.69) is 17.8 Å². The minimum atomic E-state index is 0.541. The number of methoxy groups -OCH3 is 1. The summed E-state index contributed by atoms with van der Waals surface area (Å²) in [4.78, 5) is 0. The van der Waals surface area contributed by atoms with Crippen LogP contribution in [0.1, 0.15) is 12.2 Å². The lowest BCUT2D eigenvalue weighted by Crippen LogP contribution is -1.82. The number of aromatic nitrogens is 1. The van der Waals surface area contributed by atoms with Crippen LogP contribution in [0.25, 0.3) is 0 Å². The summed E-state index contributed by atoms with van der Waals surface area (Å²) in [5, 5.41) is 3.67. The summed E-state index contributed by atoms with van der Waals surface area (Å²) in [7, 11) is 1.57. The Bertz CT molecular complexity index is 212. The van der Waals surface area contributed by atoms with Crippen molar-refractivity contribution in [1.29, 1.82) is 0 Å². The summed E-state index contributed by atoms with van der Waals surface area (Å²) < 4.78 is 9.80. The van der Waals surface area contributed by atoms with Gasteiger partial charge in [-0.25, -0.2) is 0 Å². The van der Waals surface area contributed by atoms with Gasteiger partial charge in [-0.05, 0) is 17.3 Å². The van der Waals surface area contributed by atoms with E-state index in [1.54, 1.807) is 13.2 Å². The highest BCUT2D eigenvalue weighted by molar-refractivity contribution is 7.80. The number of aryl methyl sites for hydroxylation is 1. The second-order valence-electron chi connectivity index (χ2n) is 2.16. The average Bonchev–Trinajstić information content (AvgIpc) is 2.48. The molecule has 0 N–H and O–H groups in total. The third-order valence-electron chi connectivity index (χ3n) is 1.33. The van der Waals surface area contributed by atoms with Crippen LogP contribution in [0.5, 0.6) is 5.88 Å². The fraction of sp³-hybridized carbons (Fsp3) is 0.571. The number of thiol groups is 1. The summed E-state index contributed by atoms with van der Waals surface area (Å²) >= 11 is 4.09. The highest BCUT2D eigenvalue weighted by Gasteiger charge is 2.01. The van der Waals surface area contributed by atoms with E-state index < -0.39 is 0 Å². The molecule has 1 heterocycles. The highest BCUT2D eigenvalue weighted by atomic mass is 32.1. The molecule has 0 aliphatic heterocycles. The van der Waals surface area contributed by atoms with Gasteiger partial charge < -0.3 is 9.26 Å². The van der Waals surface area contributed by atoms with Crippen molar-refractivity contribution in [3.05, 3.63) is 11.8 Å². The van der Waals surface area contributed by atoms with E-state index in [1.807, 2.05) is 0 Å². The summed E-state index contributed by atoms with van der Waals surface area (Å²) in [6, 6.07) is 1.80. The van der Waals surface area contributed by atoms with Crippen molar-refractivity contribution in [3.8, 4) is 5.88 Å². The van der Waals surface area contributed by atoms with Crippen molar-refractivity contribution in [2.24, 2.45) is 0 Å². The monoisotopic (exact) mass is 173 g/mol. The van der Waals surface area contributed by atoms with Crippen LogP contribution in [0.15, 0.2) is 10.6 Å². The SMILES string of the molecule is COc1cc(CCCS)on1. The topological polar surface area (TPSA) is 35.3 Å². The van der Waals surface area contributed by atoms with E-state index in [0.29, 0.717) is 5.88 Å². The van der Waals surface area contributed by atoms with Gasteiger partial charge in [-0.3, -0.25) is 0 Å². The molecule has 0 aromatic carbocycles. The maximum Gasteiger partial charge on any atom is 0.254 e. The Morgan fingerprint density at radius 3 is 3.09 bits per heavy atom. The summed E-state index contributed by atoms with van der Waals surface area (Å²) in [5.41, 5.74) is 0. The van der Waals surface area contributed by atoms with Gasteiger partial charge in [0.15, 0.2) is 0 Å². The van der Waals surface area contributed by atoms with E-state index in [9.17, 15) is 0 Å². The number of rotatable bonds is 4. The van der Waals surface area contributed by atoms with Crippen molar-refractivity contribution in [1.82, 2.24) is 5.16 Å². The minimum Gasteiger partial charge on any atom is -0.479 e. The fourth-order valence-electron chi connectivity index (χ4n) is 0.761. The Labute approximate surface area is 71.1 Å². The predicted octanol–water partition coefficient (Wildman–Crippen LogP) is 1.55. The van der Waals surface area contributed by atoms with Crippen LogP contribution in [-0.2, 0) is 6.42 Å². The fourth-order valence-corrected chi connectivity index (χ4v) is 0.919. The molecule has 0 atom stereocenters. The lowest BCUT2D eigenvalue weighted by molar-refractivity contribution is 0.326. The molecule has 0 saturated heterocycles. The molecule has 0 amide bonds. The summed E-state index contributed by atoms with van der Waals surface area (Å²) in [6.45, 7) is 0. The predicted molar refractivity (Wildman–Crippen MR) is 45.2 cm³/mol. The van der Waals surface area contributed by atoms with Gasteiger partial charge in [0.25, 0.3) is 5.88 Å². The normalized spacial score (nSPS) is 10.0. The maximum atomic E-state index is 4.95. The van der Waals surface area contributed by atoms with Gasteiger partial charge in [-0.1, -0.05) is 0 Å². The summed E-state index contributed by atoms with van der Waals surface area (Å²) in [5.74, 6) is 2.26. The Hall–Kier alpha value is -0.640. The molecule has 1 rings (SSSR count). The van der Waals surface area contributed by atoms with E-state index >= 15 is 0 Å². The third kappa shape index (κ3) is 2.46. The Morgan fingerprint density at radius 2 is 2.55 bits per heavy atom. The lowest BCUT2D eigenvalue weighted by Gasteiger charge is -1.88. The van der Waals surface area contributed by atoms with Gasteiger partial charge in [-0.2, -0.15) is 12.6 Å². The van der Waals surface area contributed by atoms with Crippen LogP contribution in [0.3, 0.4) is 0 Å². The van der Waals surface area contributed by atoms with Crippen molar-refractivity contribution in [3.63, 3.8) is 0 Å². The molecule has 0 aliphatic rings. The number of nitrogens with zero attached hydrogens (tertiary/aromatic N) is 1. The molecule has 0 bridgehead atoms. The molecular formula is C7H11NO2S. The zero-order valence-corrected chi connectivity index (χ0v) is 7.30. The number of hydrogen-bond donors (Lipinski definition) is 1. The van der Waals surface area contributed by atoms with Crippen LogP contribution in [0.2, 0.25) is 0 Å². The molecule has 1 aromatic heterocycles. The maximum absolute atomic E-state index is 4.95. The van der Waals surface area contributed by atoms with Crippen molar-refractivity contribution in [2.75, 3.05) is 12.9 Å². The first kappa shape index (κ1) is 8.46. The molecule has 1 aromatic rings. The van der Waals surface area contributed by atoms with Crippen LogP contribution in [0.4, 0.5) is 0 Å². The molecule has 4 heteroatoms. The van der Waals surface area contributed by atoms with E-state index in [1.165, 1.54) is 0 Å². The van der Waals surface area contributed by atoms with E-state index in [4.69, 9.17) is 9.26 Å². The second-order valence-corrected chi connectivity index (χ2v) is 2.61. The Kier molecular flexibility index (Phi) is 3.29. The van der Waals surface area contributed by atoms with Crippen LogP contribution in [-0.4, -0.2) is 18.0 Å².